The highest BCUT2D eigenvalue weighted by Crippen LogP contribution is 2.34. The van der Waals surface area contributed by atoms with Gasteiger partial charge in [0, 0.05) is 11.6 Å². The maximum atomic E-state index is 12.8. The topological polar surface area (TPSA) is 66.5 Å². The van der Waals surface area contributed by atoms with Crippen LogP contribution in [0.4, 0.5) is 5.69 Å². The molecule has 1 heterocycles. The predicted octanol–water partition coefficient (Wildman–Crippen LogP) is 4.56. The molecule has 31 heavy (non-hydrogen) atoms. The van der Waals surface area contributed by atoms with Gasteiger partial charge >= 0.3 is 0 Å². The lowest BCUT2D eigenvalue weighted by molar-refractivity contribution is 0.0940. The molecule has 1 aliphatic rings. The largest absolute Gasteiger partial charge is 0.346 e. The SMILES string of the molecule is CC(NC(=O)c1ccc2c(c1)CC(C)N2S(C)(=O)=O)c1ccc(-c2ccccc2)cc1. The number of sulfonamides is 1. The molecule has 4 rings (SSSR count). The number of hydrogen-bond acceptors (Lipinski definition) is 3. The number of hydrogen-bond donors (Lipinski definition) is 1. The summed E-state index contributed by atoms with van der Waals surface area (Å²) in [5.74, 6) is -0.173. The minimum atomic E-state index is -3.34. The zero-order valence-corrected chi connectivity index (χ0v) is 18.7. The van der Waals surface area contributed by atoms with Crippen LogP contribution in [0.1, 0.15) is 41.4 Å². The van der Waals surface area contributed by atoms with Gasteiger partial charge in [-0.05, 0) is 60.7 Å². The Morgan fingerprint density at radius 1 is 1.00 bits per heavy atom. The van der Waals surface area contributed by atoms with Gasteiger partial charge in [0.2, 0.25) is 10.0 Å². The van der Waals surface area contributed by atoms with Gasteiger partial charge in [-0.3, -0.25) is 9.10 Å². The number of carbonyl (C=O) groups excluding carboxylic acids is 1. The first-order valence-electron chi connectivity index (χ1n) is 10.3. The van der Waals surface area contributed by atoms with Crippen LogP contribution >= 0.6 is 0 Å². The highest BCUT2D eigenvalue weighted by Gasteiger charge is 2.32. The highest BCUT2D eigenvalue weighted by atomic mass is 32.2. The van der Waals surface area contributed by atoms with Crippen molar-refractivity contribution in [3.63, 3.8) is 0 Å². The Labute approximate surface area is 183 Å². The minimum Gasteiger partial charge on any atom is -0.346 e. The van der Waals surface area contributed by atoms with E-state index >= 15 is 0 Å². The maximum Gasteiger partial charge on any atom is 0.251 e. The van der Waals surface area contributed by atoms with Gasteiger partial charge in [0.05, 0.1) is 18.0 Å². The van der Waals surface area contributed by atoms with Crippen LogP contribution in [-0.2, 0) is 16.4 Å². The van der Waals surface area contributed by atoms with E-state index in [1.807, 2.05) is 44.2 Å². The van der Waals surface area contributed by atoms with E-state index in [2.05, 4.69) is 29.6 Å². The maximum absolute atomic E-state index is 12.8. The zero-order chi connectivity index (χ0) is 22.2. The van der Waals surface area contributed by atoms with E-state index in [0.29, 0.717) is 17.7 Å². The molecule has 3 aromatic carbocycles. The second-order valence-corrected chi connectivity index (χ2v) is 10.00. The normalized spacial score (nSPS) is 16.6. The first kappa shape index (κ1) is 21.1. The van der Waals surface area contributed by atoms with Crippen molar-refractivity contribution < 1.29 is 13.2 Å². The molecule has 160 valence electrons. The molecule has 0 aromatic heterocycles. The Morgan fingerprint density at radius 2 is 1.65 bits per heavy atom. The molecule has 1 aliphatic heterocycles. The van der Waals surface area contributed by atoms with Crippen LogP contribution in [0.15, 0.2) is 72.8 Å². The summed E-state index contributed by atoms with van der Waals surface area (Å²) in [6, 6.07) is 23.3. The predicted molar refractivity (Wildman–Crippen MR) is 125 cm³/mol. The molecule has 0 saturated heterocycles. The second kappa shape index (κ2) is 8.19. The van der Waals surface area contributed by atoms with E-state index in [0.717, 1.165) is 22.3 Å². The third kappa shape index (κ3) is 4.35. The van der Waals surface area contributed by atoms with E-state index in [-0.39, 0.29) is 18.0 Å². The van der Waals surface area contributed by atoms with Crippen LogP contribution in [0.3, 0.4) is 0 Å². The van der Waals surface area contributed by atoms with Gasteiger partial charge in [-0.15, -0.1) is 0 Å². The first-order chi connectivity index (χ1) is 14.7. The number of rotatable bonds is 5. The van der Waals surface area contributed by atoms with Crippen molar-refractivity contribution in [1.82, 2.24) is 5.32 Å². The van der Waals surface area contributed by atoms with Crippen LogP contribution in [0.25, 0.3) is 11.1 Å². The van der Waals surface area contributed by atoms with Crippen molar-refractivity contribution >= 4 is 21.6 Å². The molecule has 3 aromatic rings. The smallest absolute Gasteiger partial charge is 0.251 e. The molecule has 0 aliphatic carbocycles. The summed E-state index contributed by atoms with van der Waals surface area (Å²) in [7, 11) is -3.34. The van der Waals surface area contributed by atoms with Crippen LogP contribution in [0.2, 0.25) is 0 Å². The molecule has 2 atom stereocenters. The van der Waals surface area contributed by atoms with E-state index in [4.69, 9.17) is 0 Å². The number of fused-ring (bicyclic) bond motifs is 1. The van der Waals surface area contributed by atoms with Crippen molar-refractivity contribution in [1.29, 1.82) is 0 Å². The van der Waals surface area contributed by atoms with Crippen LogP contribution < -0.4 is 9.62 Å². The molecule has 0 radical (unpaired) electrons. The zero-order valence-electron chi connectivity index (χ0n) is 17.9. The fraction of sp³-hybridized carbons (Fsp3) is 0.240. The molecule has 2 unspecified atom stereocenters. The molecular weight excluding hydrogens is 408 g/mol. The number of amides is 1. The summed E-state index contributed by atoms with van der Waals surface area (Å²) in [6.45, 7) is 3.83. The standard InChI is InChI=1S/C25H26N2O3S/c1-17-15-23-16-22(13-14-24(23)27(17)31(3,29)30)25(28)26-18(2)19-9-11-21(12-10-19)20-7-5-4-6-8-20/h4-14,16-18H,15H2,1-3H3,(H,26,28). The number of nitrogens with one attached hydrogen (secondary N) is 1. The monoisotopic (exact) mass is 434 g/mol. The Kier molecular flexibility index (Phi) is 5.58. The lowest BCUT2D eigenvalue weighted by Gasteiger charge is -2.22. The number of carbonyl (C=O) groups is 1. The fourth-order valence-corrected chi connectivity index (χ4v) is 5.47. The average molecular weight is 435 g/mol. The Bertz CT molecular complexity index is 1210. The van der Waals surface area contributed by atoms with E-state index in [1.165, 1.54) is 10.6 Å². The Balaban J connectivity index is 1.48. The van der Waals surface area contributed by atoms with Gasteiger partial charge in [-0.2, -0.15) is 0 Å². The van der Waals surface area contributed by atoms with Crippen LogP contribution in [0.5, 0.6) is 0 Å². The fourth-order valence-electron chi connectivity index (χ4n) is 4.21. The van der Waals surface area contributed by atoms with Crippen molar-refractivity contribution in [2.24, 2.45) is 0 Å². The van der Waals surface area contributed by atoms with Crippen molar-refractivity contribution in [3.05, 3.63) is 89.5 Å². The summed E-state index contributed by atoms with van der Waals surface area (Å²) in [5.41, 5.74) is 5.38. The van der Waals surface area contributed by atoms with Gasteiger partial charge in [0.15, 0.2) is 0 Å². The van der Waals surface area contributed by atoms with Gasteiger partial charge in [0.1, 0.15) is 0 Å². The third-order valence-corrected chi connectivity index (χ3v) is 6.99. The summed E-state index contributed by atoms with van der Waals surface area (Å²) in [6.07, 6.45) is 1.81. The molecule has 6 heteroatoms. The van der Waals surface area contributed by atoms with Crippen molar-refractivity contribution in [3.8, 4) is 11.1 Å². The Morgan fingerprint density at radius 3 is 2.29 bits per heavy atom. The molecule has 1 amide bonds. The third-order valence-electron chi connectivity index (χ3n) is 5.72. The lowest BCUT2D eigenvalue weighted by atomic mass is 10.0. The number of benzene rings is 3. The van der Waals surface area contributed by atoms with E-state index in [1.54, 1.807) is 18.2 Å². The highest BCUT2D eigenvalue weighted by molar-refractivity contribution is 7.92. The van der Waals surface area contributed by atoms with Gasteiger partial charge in [0.25, 0.3) is 5.91 Å². The van der Waals surface area contributed by atoms with E-state index in [9.17, 15) is 13.2 Å². The number of nitrogens with zero attached hydrogens (tertiary/aromatic N) is 1. The summed E-state index contributed by atoms with van der Waals surface area (Å²) < 4.78 is 25.6. The molecular formula is C25H26N2O3S. The van der Waals surface area contributed by atoms with Gasteiger partial charge in [-0.25, -0.2) is 8.42 Å². The van der Waals surface area contributed by atoms with Crippen LogP contribution in [0, 0.1) is 0 Å². The lowest BCUT2D eigenvalue weighted by Crippen LogP contribution is -2.34. The summed E-state index contributed by atoms with van der Waals surface area (Å²) >= 11 is 0. The summed E-state index contributed by atoms with van der Waals surface area (Å²) in [4.78, 5) is 12.8. The molecule has 0 saturated carbocycles. The van der Waals surface area contributed by atoms with Gasteiger partial charge in [-0.1, -0.05) is 54.6 Å². The number of anilines is 1. The quantitative estimate of drug-likeness (QED) is 0.640. The first-order valence-corrected chi connectivity index (χ1v) is 12.2. The van der Waals surface area contributed by atoms with E-state index < -0.39 is 10.0 Å². The van der Waals surface area contributed by atoms with Gasteiger partial charge < -0.3 is 5.32 Å². The second-order valence-electron chi connectivity index (χ2n) is 8.14. The van der Waals surface area contributed by atoms with Crippen LogP contribution in [-0.4, -0.2) is 26.6 Å². The molecule has 0 bridgehead atoms. The molecule has 1 N–H and O–H groups in total. The summed E-state index contributed by atoms with van der Waals surface area (Å²) in [5, 5.41) is 3.04. The molecule has 5 nitrogen and oxygen atoms in total. The van der Waals surface area contributed by atoms with Crippen molar-refractivity contribution in [2.45, 2.75) is 32.4 Å². The molecule has 0 spiro atoms. The minimum absolute atomic E-state index is 0.148. The Hall–Kier alpha value is -3.12. The van der Waals surface area contributed by atoms with Crippen molar-refractivity contribution in [2.75, 3.05) is 10.6 Å². The molecule has 0 fully saturated rings. The average Bonchev–Trinajstić information content (AvgIpc) is 3.09.